The number of carbonyl (C=O) groups is 1. The molecule has 0 unspecified atom stereocenters. The fourth-order valence-corrected chi connectivity index (χ4v) is 4.60. The molecule has 120 valence electrons. The van der Waals surface area contributed by atoms with Crippen LogP contribution in [0.3, 0.4) is 0 Å². The minimum Gasteiger partial charge on any atom is -0.337 e. The predicted molar refractivity (Wildman–Crippen MR) is 93.6 cm³/mol. The van der Waals surface area contributed by atoms with E-state index in [9.17, 15) is 4.79 Å². The molecule has 0 spiro atoms. The second-order valence-electron chi connectivity index (χ2n) is 6.39. The summed E-state index contributed by atoms with van der Waals surface area (Å²) in [5.41, 5.74) is 1.99. The van der Waals surface area contributed by atoms with E-state index in [-0.39, 0.29) is 5.91 Å². The Morgan fingerprint density at radius 3 is 2.73 bits per heavy atom. The fraction of sp³-hybridized carbons (Fsp3) is 0.611. The van der Waals surface area contributed by atoms with Crippen molar-refractivity contribution in [2.24, 2.45) is 0 Å². The number of hydrogen-bond acceptors (Lipinski definition) is 3. The second-order valence-corrected chi connectivity index (χ2v) is 7.62. The molecule has 1 amide bonds. The lowest BCUT2D eigenvalue weighted by Gasteiger charge is -2.33. The summed E-state index contributed by atoms with van der Waals surface area (Å²) in [7, 11) is 0. The molecule has 2 heterocycles. The average Bonchev–Trinajstić information content (AvgIpc) is 2.81. The zero-order valence-electron chi connectivity index (χ0n) is 13.5. The highest BCUT2D eigenvalue weighted by Gasteiger charge is 2.25. The maximum absolute atomic E-state index is 12.7. The summed E-state index contributed by atoms with van der Waals surface area (Å²) in [6, 6.07) is 8.71. The molecule has 0 radical (unpaired) electrons. The summed E-state index contributed by atoms with van der Waals surface area (Å²) in [5, 5.41) is 0. The standard InChI is InChI=1S/C18H26N2OS/c1-15-4-2-5-16(14-15)18(21)20-9-3-8-19(10-11-20)17-6-12-22-13-7-17/h2,4-5,14,17H,3,6-13H2,1H3. The minimum absolute atomic E-state index is 0.199. The number of amides is 1. The van der Waals surface area contributed by atoms with Crippen LogP contribution in [-0.4, -0.2) is 59.4 Å². The van der Waals surface area contributed by atoms with Crippen LogP contribution >= 0.6 is 11.8 Å². The molecule has 1 aromatic rings. The van der Waals surface area contributed by atoms with Gasteiger partial charge in [0.2, 0.25) is 0 Å². The molecule has 0 N–H and O–H groups in total. The quantitative estimate of drug-likeness (QED) is 0.837. The zero-order valence-corrected chi connectivity index (χ0v) is 14.3. The van der Waals surface area contributed by atoms with Crippen LogP contribution in [0.4, 0.5) is 0 Å². The maximum atomic E-state index is 12.7. The number of carbonyl (C=O) groups excluding carboxylic acids is 1. The van der Waals surface area contributed by atoms with Crippen LogP contribution in [0.15, 0.2) is 24.3 Å². The van der Waals surface area contributed by atoms with Crippen molar-refractivity contribution in [2.45, 2.75) is 32.2 Å². The molecule has 0 aromatic heterocycles. The van der Waals surface area contributed by atoms with Gasteiger partial charge in [-0.3, -0.25) is 9.69 Å². The van der Waals surface area contributed by atoms with Gasteiger partial charge in [-0.1, -0.05) is 17.7 Å². The summed E-state index contributed by atoms with van der Waals surface area (Å²) in [5.74, 6) is 2.80. The molecule has 0 bridgehead atoms. The number of benzene rings is 1. The maximum Gasteiger partial charge on any atom is 0.253 e. The van der Waals surface area contributed by atoms with E-state index in [0.717, 1.165) is 49.8 Å². The molecule has 0 atom stereocenters. The van der Waals surface area contributed by atoms with Gasteiger partial charge in [-0.05, 0) is 49.8 Å². The highest BCUT2D eigenvalue weighted by molar-refractivity contribution is 7.99. The normalized spacial score (nSPS) is 21.6. The molecule has 2 aliphatic rings. The monoisotopic (exact) mass is 318 g/mol. The predicted octanol–water partition coefficient (Wildman–Crippen LogP) is 3.04. The number of nitrogens with zero attached hydrogens (tertiary/aromatic N) is 2. The van der Waals surface area contributed by atoms with Gasteiger partial charge in [-0.15, -0.1) is 0 Å². The van der Waals surface area contributed by atoms with Gasteiger partial charge in [-0.25, -0.2) is 0 Å². The summed E-state index contributed by atoms with van der Waals surface area (Å²) < 4.78 is 0. The molecule has 2 fully saturated rings. The van der Waals surface area contributed by atoms with Crippen molar-refractivity contribution in [3.8, 4) is 0 Å². The molecule has 4 heteroatoms. The van der Waals surface area contributed by atoms with E-state index < -0.39 is 0 Å². The first-order valence-electron chi connectivity index (χ1n) is 8.42. The van der Waals surface area contributed by atoms with Crippen LogP contribution in [0.1, 0.15) is 35.2 Å². The summed E-state index contributed by atoms with van der Waals surface area (Å²) in [6.07, 6.45) is 3.73. The van der Waals surface area contributed by atoms with Gasteiger partial charge >= 0.3 is 0 Å². The molecule has 1 aromatic carbocycles. The molecule has 22 heavy (non-hydrogen) atoms. The van der Waals surface area contributed by atoms with Crippen molar-refractivity contribution >= 4 is 17.7 Å². The lowest BCUT2D eigenvalue weighted by atomic mass is 10.1. The van der Waals surface area contributed by atoms with Crippen LogP contribution in [0.5, 0.6) is 0 Å². The summed E-state index contributed by atoms with van der Waals surface area (Å²) in [6.45, 7) is 5.99. The lowest BCUT2D eigenvalue weighted by Crippen LogP contribution is -2.41. The SMILES string of the molecule is Cc1cccc(C(=O)N2CCCN(C3CCSCC3)CC2)c1. The molecule has 0 saturated carbocycles. The van der Waals surface area contributed by atoms with Crippen molar-refractivity contribution in [2.75, 3.05) is 37.7 Å². The molecule has 0 aliphatic carbocycles. The molecular weight excluding hydrogens is 292 g/mol. The second kappa shape index (κ2) is 7.51. The van der Waals surface area contributed by atoms with Crippen molar-refractivity contribution < 1.29 is 4.79 Å². The third-order valence-electron chi connectivity index (χ3n) is 4.79. The van der Waals surface area contributed by atoms with Crippen LogP contribution in [0.25, 0.3) is 0 Å². The highest BCUT2D eigenvalue weighted by Crippen LogP contribution is 2.23. The molecule has 3 nitrogen and oxygen atoms in total. The van der Waals surface area contributed by atoms with Crippen molar-refractivity contribution in [3.63, 3.8) is 0 Å². The smallest absolute Gasteiger partial charge is 0.253 e. The third-order valence-corrected chi connectivity index (χ3v) is 5.84. The first-order chi connectivity index (χ1) is 10.7. The van der Waals surface area contributed by atoms with Crippen molar-refractivity contribution in [1.29, 1.82) is 0 Å². The Hall–Kier alpha value is -1.00. The number of hydrogen-bond donors (Lipinski definition) is 0. The van der Waals surface area contributed by atoms with Gasteiger partial charge < -0.3 is 4.90 Å². The van der Waals surface area contributed by atoms with E-state index in [2.05, 4.69) is 16.7 Å². The summed E-state index contributed by atoms with van der Waals surface area (Å²) in [4.78, 5) is 17.4. The van der Waals surface area contributed by atoms with E-state index in [1.165, 1.54) is 24.3 Å². The van der Waals surface area contributed by atoms with E-state index in [1.54, 1.807) is 0 Å². The van der Waals surface area contributed by atoms with Crippen molar-refractivity contribution in [3.05, 3.63) is 35.4 Å². The zero-order chi connectivity index (χ0) is 15.4. The van der Waals surface area contributed by atoms with Crippen LogP contribution in [0.2, 0.25) is 0 Å². The van der Waals surface area contributed by atoms with Crippen molar-refractivity contribution in [1.82, 2.24) is 9.80 Å². The lowest BCUT2D eigenvalue weighted by molar-refractivity contribution is 0.0757. The number of thioether (sulfide) groups is 1. The molecule has 3 rings (SSSR count). The van der Waals surface area contributed by atoms with Crippen LogP contribution in [0, 0.1) is 6.92 Å². The van der Waals surface area contributed by atoms with E-state index in [1.807, 2.05) is 36.1 Å². The molecule has 2 aliphatic heterocycles. The Morgan fingerprint density at radius 1 is 1.14 bits per heavy atom. The highest BCUT2D eigenvalue weighted by atomic mass is 32.2. The first-order valence-corrected chi connectivity index (χ1v) is 9.57. The number of rotatable bonds is 2. The topological polar surface area (TPSA) is 23.6 Å². The van der Waals surface area contributed by atoms with Gasteiger partial charge in [0.25, 0.3) is 5.91 Å². The third kappa shape index (κ3) is 3.85. The van der Waals surface area contributed by atoms with Crippen LogP contribution < -0.4 is 0 Å². The molecule has 2 saturated heterocycles. The average molecular weight is 318 g/mol. The molecular formula is C18H26N2OS. The number of aryl methyl sites for hydroxylation is 1. The Kier molecular flexibility index (Phi) is 5.42. The largest absolute Gasteiger partial charge is 0.337 e. The van der Waals surface area contributed by atoms with Gasteiger partial charge in [0.1, 0.15) is 0 Å². The first kappa shape index (κ1) is 15.9. The van der Waals surface area contributed by atoms with Gasteiger partial charge in [0.15, 0.2) is 0 Å². The minimum atomic E-state index is 0.199. The Morgan fingerprint density at radius 2 is 1.95 bits per heavy atom. The van der Waals surface area contributed by atoms with E-state index in [4.69, 9.17) is 0 Å². The Balaban J connectivity index is 1.61. The van der Waals surface area contributed by atoms with Gasteiger partial charge in [-0.2, -0.15) is 11.8 Å². The fourth-order valence-electron chi connectivity index (χ4n) is 3.52. The summed E-state index contributed by atoms with van der Waals surface area (Å²) >= 11 is 2.08. The van der Waals surface area contributed by atoms with Crippen LogP contribution in [-0.2, 0) is 0 Å². The van der Waals surface area contributed by atoms with Gasteiger partial charge in [0, 0.05) is 37.8 Å². The van der Waals surface area contributed by atoms with E-state index >= 15 is 0 Å². The Bertz CT molecular complexity index is 514. The van der Waals surface area contributed by atoms with E-state index in [0.29, 0.717) is 0 Å². The Labute approximate surface area is 138 Å². The van der Waals surface area contributed by atoms with Gasteiger partial charge in [0.05, 0.1) is 0 Å².